The van der Waals surface area contributed by atoms with E-state index in [0.29, 0.717) is 6.54 Å². The zero-order valence-electron chi connectivity index (χ0n) is 15.2. The van der Waals surface area contributed by atoms with Crippen molar-refractivity contribution >= 4 is 29.9 Å². The SMILES string of the molecule is CCCOc1cc(C)ccc1CNC(=NC)NCCn1ccnc1.I. The Hall–Kier alpha value is -1.77. The van der Waals surface area contributed by atoms with Crippen molar-refractivity contribution in [2.45, 2.75) is 33.4 Å². The van der Waals surface area contributed by atoms with E-state index in [4.69, 9.17) is 4.74 Å². The molecule has 2 N–H and O–H groups in total. The number of ether oxygens (including phenoxy) is 1. The lowest BCUT2D eigenvalue weighted by molar-refractivity contribution is 0.313. The first-order valence-corrected chi connectivity index (χ1v) is 8.35. The van der Waals surface area contributed by atoms with Gasteiger partial charge in [-0.05, 0) is 25.0 Å². The molecule has 0 aliphatic rings. The minimum atomic E-state index is 0. The van der Waals surface area contributed by atoms with Crippen molar-refractivity contribution in [2.75, 3.05) is 20.2 Å². The van der Waals surface area contributed by atoms with Crippen LogP contribution in [0, 0.1) is 6.92 Å². The van der Waals surface area contributed by atoms with Crippen LogP contribution in [-0.4, -0.2) is 35.7 Å². The largest absolute Gasteiger partial charge is 0.493 e. The molecule has 7 heteroatoms. The van der Waals surface area contributed by atoms with Crippen LogP contribution >= 0.6 is 24.0 Å². The highest BCUT2D eigenvalue weighted by Gasteiger charge is 2.05. The summed E-state index contributed by atoms with van der Waals surface area (Å²) in [4.78, 5) is 8.29. The zero-order chi connectivity index (χ0) is 17.2. The zero-order valence-corrected chi connectivity index (χ0v) is 17.5. The van der Waals surface area contributed by atoms with Crippen LogP contribution < -0.4 is 15.4 Å². The van der Waals surface area contributed by atoms with E-state index in [2.05, 4.69) is 52.7 Å². The number of aryl methyl sites for hydroxylation is 1. The summed E-state index contributed by atoms with van der Waals surface area (Å²) in [5.74, 6) is 1.72. The molecular weight excluding hydrogens is 429 g/mol. The smallest absolute Gasteiger partial charge is 0.191 e. The second-order valence-corrected chi connectivity index (χ2v) is 5.61. The fourth-order valence-corrected chi connectivity index (χ4v) is 2.28. The molecule has 0 saturated carbocycles. The van der Waals surface area contributed by atoms with Crippen LogP contribution in [0.3, 0.4) is 0 Å². The number of nitrogens with one attached hydrogen (secondary N) is 2. The average molecular weight is 457 g/mol. The Kier molecular flexibility index (Phi) is 9.98. The maximum absolute atomic E-state index is 5.85. The van der Waals surface area contributed by atoms with E-state index in [-0.39, 0.29) is 24.0 Å². The Balaban J connectivity index is 0.00000312. The molecule has 0 fully saturated rings. The van der Waals surface area contributed by atoms with Crippen LogP contribution in [0.25, 0.3) is 0 Å². The molecule has 0 bridgehead atoms. The van der Waals surface area contributed by atoms with Gasteiger partial charge in [-0.3, -0.25) is 4.99 Å². The van der Waals surface area contributed by atoms with Crippen LogP contribution in [0.2, 0.25) is 0 Å². The standard InChI is InChI=1S/C18H27N5O.HI/c1-4-11-24-17-12-15(2)5-6-16(17)13-22-18(19-3)21-8-10-23-9-7-20-14-23;/h5-7,9,12,14H,4,8,10-11,13H2,1-3H3,(H2,19,21,22);1H. The van der Waals surface area contributed by atoms with Gasteiger partial charge in [0.25, 0.3) is 0 Å². The quantitative estimate of drug-likeness (QED) is 0.364. The first-order valence-electron chi connectivity index (χ1n) is 8.35. The van der Waals surface area contributed by atoms with Gasteiger partial charge in [0.1, 0.15) is 5.75 Å². The lowest BCUT2D eigenvalue weighted by Crippen LogP contribution is -2.38. The number of hydrogen-bond acceptors (Lipinski definition) is 3. The molecule has 138 valence electrons. The first kappa shape index (κ1) is 21.3. The van der Waals surface area contributed by atoms with Gasteiger partial charge >= 0.3 is 0 Å². The fraction of sp³-hybridized carbons (Fsp3) is 0.444. The van der Waals surface area contributed by atoms with Gasteiger partial charge in [0.05, 0.1) is 12.9 Å². The number of nitrogens with zero attached hydrogens (tertiary/aromatic N) is 3. The minimum Gasteiger partial charge on any atom is -0.493 e. The van der Waals surface area contributed by atoms with Crippen molar-refractivity contribution in [1.29, 1.82) is 0 Å². The van der Waals surface area contributed by atoms with Gasteiger partial charge in [-0.25, -0.2) is 4.98 Å². The minimum absolute atomic E-state index is 0. The summed E-state index contributed by atoms with van der Waals surface area (Å²) in [6, 6.07) is 6.29. The molecule has 1 aromatic carbocycles. The van der Waals surface area contributed by atoms with E-state index < -0.39 is 0 Å². The Morgan fingerprint density at radius 2 is 2.16 bits per heavy atom. The number of hydrogen-bond donors (Lipinski definition) is 2. The van der Waals surface area contributed by atoms with Crippen LogP contribution in [0.1, 0.15) is 24.5 Å². The predicted octanol–water partition coefficient (Wildman–Crippen LogP) is 2.96. The van der Waals surface area contributed by atoms with Gasteiger partial charge in [0, 0.05) is 44.6 Å². The molecule has 25 heavy (non-hydrogen) atoms. The molecule has 0 saturated heterocycles. The first-order chi connectivity index (χ1) is 11.7. The van der Waals surface area contributed by atoms with E-state index in [0.717, 1.165) is 43.4 Å². The molecule has 0 atom stereocenters. The molecule has 1 aromatic heterocycles. The normalized spacial score (nSPS) is 10.9. The third kappa shape index (κ3) is 7.33. The molecule has 0 unspecified atom stereocenters. The Labute approximate surface area is 167 Å². The predicted molar refractivity (Wildman–Crippen MR) is 113 cm³/mol. The summed E-state index contributed by atoms with van der Waals surface area (Å²) >= 11 is 0. The summed E-state index contributed by atoms with van der Waals surface area (Å²) in [6.45, 7) is 7.21. The number of rotatable bonds is 8. The number of aromatic nitrogens is 2. The van der Waals surface area contributed by atoms with Gasteiger partial charge in [-0.15, -0.1) is 24.0 Å². The summed E-state index contributed by atoms with van der Waals surface area (Å²) in [5, 5.41) is 6.64. The Bertz CT molecular complexity index is 643. The van der Waals surface area contributed by atoms with Crippen molar-refractivity contribution in [3.8, 4) is 5.75 Å². The lowest BCUT2D eigenvalue weighted by atomic mass is 10.1. The number of aliphatic imine (C=N–C) groups is 1. The van der Waals surface area contributed by atoms with E-state index in [1.165, 1.54) is 5.56 Å². The summed E-state index contributed by atoms with van der Waals surface area (Å²) in [7, 11) is 1.77. The number of imidazole rings is 1. The number of benzene rings is 1. The third-order valence-electron chi connectivity index (χ3n) is 3.58. The van der Waals surface area contributed by atoms with E-state index in [1.54, 1.807) is 13.2 Å². The van der Waals surface area contributed by atoms with Gasteiger partial charge in [-0.2, -0.15) is 0 Å². The highest BCUT2D eigenvalue weighted by atomic mass is 127. The monoisotopic (exact) mass is 457 g/mol. The fourth-order valence-electron chi connectivity index (χ4n) is 2.28. The molecule has 2 aromatic rings. The van der Waals surface area contributed by atoms with E-state index in [9.17, 15) is 0 Å². The summed E-state index contributed by atoms with van der Waals surface area (Å²) in [5.41, 5.74) is 2.33. The van der Waals surface area contributed by atoms with Crippen molar-refractivity contribution in [2.24, 2.45) is 4.99 Å². The summed E-state index contributed by atoms with van der Waals surface area (Å²) in [6.07, 6.45) is 6.53. The lowest BCUT2D eigenvalue weighted by Gasteiger charge is -2.15. The molecule has 0 spiro atoms. The average Bonchev–Trinajstić information content (AvgIpc) is 3.10. The van der Waals surface area contributed by atoms with Crippen LogP contribution in [0.15, 0.2) is 41.9 Å². The van der Waals surface area contributed by atoms with Crippen LogP contribution in [-0.2, 0) is 13.1 Å². The molecular formula is C18H28IN5O. The Morgan fingerprint density at radius 3 is 2.84 bits per heavy atom. The van der Waals surface area contributed by atoms with Crippen molar-refractivity contribution in [3.05, 3.63) is 48.0 Å². The number of guanidine groups is 1. The number of halogens is 1. The molecule has 0 aliphatic heterocycles. The molecule has 1 heterocycles. The molecule has 0 radical (unpaired) electrons. The van der Waals surface area contributed by atoms with Crippen LogP contribution in [0.5, 0.6) is 5.75 Å². The van der Waals surface area contributed by atoms with Crippen molar-refractivity contribution < 1.29 is 4.74 Å². The highest BCUT2D eigenvalue weighted by molar-refractivity contribution is 14.0. The van der Waals surface area contributed by atoms with Crippen molar-refractivity contribution in [1.82, 2.24) is 20.2 Å². The van der Waals surface area contributed by atoms with Gasteiger partial charge in [0.2, 0.25) is 0 Å². The van der Waals surface area contributed by atoms with Gasteiger partial charge < -0.3 is 19.9 Å². The maximum Gasteiger partial charge on any atom is 0.191 e. The van der Waals surface area contributed by atoms with E-state index >= 15 is 0 Å². The highest BCUT2D eigenvalue weighted by Crippen LogP contribution is 2.20. The molecule has 2 rings (SSSR count). The van der Waals surface area contributed by atoms with E-state index in [1.807, 2.05) is 17.1 Å². The molecule has 0 aliphatic carbocycles. The molecule has 0 amide bonds. The third-order valence-corrected chi connectivity index (χ3v) is 3.58. The topological polar surface area (TPSA) is 63.5 Å². The second-order valence-electron chi connectivity index (χ2n) is 5.61. The molecule has 6 nitrogen and oxygen atoms in total. The Morgan fingerprint density at radius 1 is 1.32 bits per heavy atom. The second kappa shape index (κ2) is 11.7. The van der Waals surface area contributed by atoms with Gasteiger partial charge in [-0.1, -0.05) is 19.1 Å². The summed E-state index contributed by atoms with van der Waals surface area (Å²) < 4.78 is 7.88. The van der Waals surface area contributed by atoms with Crippen LogP contribution in [0.4, 0.5) is 0 Å². The van der Waals surface area contributed by atoms with Crippen molar-refractivity contribution in [3.63, 3.8) is 0 Å². The van der Waals surface area contributed by atoms with Gasteiger partial charge in [0.15, 0.2) is 5.96 Å². The maximum atomic E-state index is 5.85.